The zero-order valence-electron chi connectivity index (χ0n) is 9.19. The van der Waals surface area contributed by atoms with Crippen LogP contribution in [0.1, 0.15) is 10.5 Å². The van der Waals surface area contributed by atoms with Crippen LogP contribution in [0.2, 0.25) is 0 Å². The van der Waals surface area contributed by atoms with Crippen molar-refractivity contribution >= 4 is 11.6 Å². The molecule has 0 aliphatic carbocycles. The molecule has 0 fully saturated rings. The average molecular weight is 240 g/mol. The smallest absolute Gasteiger partial charge is 0.354 e. The van der Waals surface area contributed by atoms with Crippen LogP contribution in [0.4, 0.5) is 0 Å². The molecule has 3 aromatic heterocycles. The summed E-state index contributed by atoms with van der Waals surface area (Å²) in [5.74, 6) is -1.05. The Kier molecular flexibility index (Phi) is 2.26. The lowest BCUT2D eigenvalue weighted by Gasteiger charge is -2.04. The normalized spacial score (nSPS) is 10.7. The summed E-state index contributed by atoms with van der Waals surface area (Å²) in [5.41, 5.74) is 1.69. The molecular formula is C12H8N4O2. The lowest BCUT2D eigenvalue weighted by Crippen LogP contribution is -2.08. The predicted octanol–water partition coefficient (Wildman–Crippen LogP) is 1.49. The molecule has 0 aliphatic heterocycles. The summed E-state index contributed by atoms with van der Waals surface area (Å²) >= 11 is 0. The van der Waals surface area contributed by atoms with E-state index < -0.39 is 5.97 Å². The standard InChI is InChI=1S/C12H8N4O2/c17-12(18)10-7-9(8-3-1-2-5-13-8)15-11-4-6-14-16(10)11/h1-7H,(H,17,18). The van der Waals surface area contributed by atoms with Gasteiger partial charge in [-0.05, 0) is 18.2 Å². The van der Waals surface area contributed by atoms with Crippen LogP contribution >= 0.6 is 0 Å². The predicted molar refractivity (Wildman–Crippen MR) is 63.2 cm³/mol. The number of rotatable bonds is 2. The SMILES string of the molecule is O=C(O)c1cc(-c2ccccn2)nc2ccnn12. The number of aromatic nitrogens is 4. The third-order valence-electron chi connectivity index (χ3n) is 2.51. The number of nitrogens with zero attached hydrogens (tertiary/aromatic N) is 4. The number of hydrogen-bond donors (Lipinski definition) is 1. The number of hydrogen-bond acceptors (Lipinski definition) is 4. The maximum Gasteiger partial charge on any atom is 0.354 e. The molecule has 0 radical (unpaired) electrons. The van der Waals surface area contributed by atoms with E-state index in [0.29, 0.717) is 17.0 Å². The van der Waals surface area contributed by atoms with Crippen molar-refractivity contribution in [2.24, 2.45) is 0 Å². The lowest BCUT2D eigenvalue weighted by atomic mass is 10.2. The Morgan fingerprint density at radius 2 is 2.06 bits per heavy atom. The van der Waals surface area contributed by atoms with Crippen molar-refractivity contribution in [3.8, 4) is 11.4 Å². The van der Waals surface area contributed by atoms with E-state index in [0.717, 1.165) is 0 Å². The van der Waals surface area contributed by atoms with Crippen molar-refractivity contribution in [3.05, 3.63) is 48.4 Å². The minimum atomic E-state index is -1.05. The Bertz CT molecular complexity index is 721. The summed E-state index contributed by atoms with van der Waals surface area (Å²) in [7, 11) is 0. The second-order valence-electron chi connectivity index (χ2n) is 3.65. The Labute approximate surface area is 102 Å². The minimum Gasteiger partial charge on any atom is -0.477 e. The molecule has 3 aromatic rings. The first-order valence-corrected chi connectivity index (χ1v) is 5.25. The van der Waals surface area contributed by atoms with E-state index in [1.54, 1.807) is 24.4 Å². The van der Waals surface area contributed by atoms with Gasteiger partial charge in [0.05, 0.1) is 17.6 Å². The molecule has 18 heavy (non-hydrogen) atoms. The molecule has 3 heterocycles. The first-order valence-electron chi connectivity index (χ1n) is 5.25. The zero-order chi connectivity index (χ0) is 12.5. The molecule has 0 atom stereocenters. The summed E-state index contributed by atoms with van der Waals surface area (Å²) in [5, 5.41) is 13.1. The van der Waals surface area contributed by atoms with Crippen LogP contribution < -0.4 is 0 Å². The van der Waals surface area contributed by atoms with Crippen LogP contribution in [0, 0.1) is 0 Å². The molecule has 6 nitrogen and oxygen atoms in total. The van der Waals surface area contributed by atoms with Gasteiger partial charge in [-0.2, -0.15) is 5.10 Å². The Hall–Kier alpha value is -2.76. The Morgan fingerprint density at radius 3 is 2.78 bits per heavy atom. The summed E-state index contributed by atoms with van der Waals surface area (Å²) in [4.78, 5) is 19.7. The van der Waals surface area contributed by atoms with Gasteiger partial charge in [0.15, 0.2) is 11.3 Å². The summed E-state index contributed by atoms with van der Waals surface area (Å²) < 4.78 is 1.29. The van der Waals surface area contributed by atoms with Gasteiger partial charge < -0.3 is 5.11 Å². The van der Waals surface area contributed by atoms with E-state index >= 15 is 0 Å². The van der Waals surface area contributed by atoms with E-state index in [-0.39, 0.29) is 5.69 Å². The van der Waals surface area contributed by atoms with E-state index in [2.05, 4.69) is 15.1 Å². The summed E-state index contributed by atoms with van der Waals surface area (Å²) in [6, 6.07) is 8.51. The van der Waals surface area contributed by atoms with Gasteiger partial charge in [-0.3, -0.25) is 4.98 Å². The number of pyridine rings is 1. The molecule has 0 bridgehead atoms. The summed E-state index contributed by atoms with van der Waals surface area (Å²) in [6.07, 6.45) is 3.15. The second kappa shape index (κ2) is 3.92. The average Bonchev–Trinajstić information content (AvgIpc) is 2.86. The third-order valence-corrected chi connectivity index (χ3v) is 2.51. The third kappa shape index (κ3) is 1.60. The lowest BCUT2D eigenvalue weighted by molar-refractivity contribution is 0.0687. The largest absolute Gasteiger partial charge is 0.477 e. The van der Waals surface area contributed by atoms with E-state index in [1.807, 2.05) is 6.07 Å². The molecular weight excluding hydrogens is 232 g/mol. The second-order valence-corrected chi connectivity index (χ2v) is 3.65. The minimum absolute atomic E-state index is 0.0608. The highest BCUT2D eigenvalue weighted by Crippen LogP contribution is 2.17. The highest BCUT2D eigenvalue weighted by atomic mass is 16.4. The van der Waals surface area contributed by atoms with Gasteiger partial charge in [0.1, 0.15) is 0 Å². The first-order chi connectivity index (χ1) is 8.75. The van der Waals surface area contributed by atoms with Crippen molar-refractivity contribution < 1.29 is 9.90 Å². The van der Waals surface area contributed by atoms with Crippen molar-refractivity contribution in [2.75, 3.05) is 0 Å². The van der Waals surface area contributed by atoms with Gasteiger partial charge in [-0.1, -0.05) is 6.07 Å². The van der Waals surface area contributed by atoms with Crippen LogP contribution in [0.15, 0.2) is 42.7 Å². The van der Waals surface area contributed by atoms with Crippen molar-refractivity contribution in [1.29, 1.82) is 0 Å². The number of carboxylic acids is 1. The molecule has 0 aromatic carbocycles. The molecule has 0 saturated heterocycles. The molecule has 0 saturated carbocycles. The monoisotopic (exact) mass is 240 g/mol. The Balaban J connectivity index is 2.29. The number of aromatic carboxylic acids is 1. The van der Waals surface area contributed by atoms with E-state index in [9.17, 15) is 4.79 Å². The van der Waals surface area contributed by atoms with Gasteiger partial charge in [0.2, 0.25) is 0 Å². The van der Waals surface area contributed by atoms with Crippen LogP contribution in [-0.2, 0) is 0 Å². The van der Waals surface area contributed by atoms with Crippen LogP contribution in [0.25, 0.3) is 17.0 Å². The van der Waals surface area contributed by atoms with Crippen molar-refractivity contribution in [2.45, 2.75) is 0 Å². The van der Waals surface area contributed by atoms with Crippen LogP contribution in [0.5, 0.6) is 0 Å². The zero-order valence-corrected chi connectivity index (χ0v) is 9.19. The van der Waals surface area contributed by atoms with Crippen molar-refractivity contribution in [1.82, 2.24) is 19.6 Å². The quantitative estimate of drug-likeness (QED) is 0.734. The highest BCUT2D eigenvalue weighted by molar-refractivity contribution is 5.87. The van der Waals surface area contributed by atoms with Gasteiger partial charge in [0.25, 0.3) is 0 Å². The summed E-state index contributed by atoms with van der Waals surface area (Å²) in [6.45, 7) is 0. The first kappa shape index (κ1) is 10.4. The molecule has 0 aliphatic rings. The molecule has 3 rings (SSSR count). The number of carbonyl (C=O) groups is 1. The number of fused-ring (bicyclic) bond motifs is 1. The molecule has 6 heteroatoms. The van der Waals surface area contributed by atoms with E-state index in [4.69, 9.17) is 5.11 Å². The molecule has 0 spiro atoms. The van der Waals surface area contributed by atoms with Crippen molar-refractivity contribution in [3.63, 3.8) is 0 Å². The molecule has 0 amide bonds. The van der Waals surface area contributed by atoms with Gasteiger partial charge in [0, 0.05) is 12.3 Å². The van der Waals surface area contributed by atoms with Gasteiger partial charge in [-0.25, -0.2) is 14.3 Å². The van der Waals surface area contributed by atoms with Crippen LogP contribution in [-0.4, -0.2) is 30.7 Å². The molecule has 88 valence electrons. The molecule has 1 N–H and O–H groups in total. The van der Waals surface area contributed by atoms with E-state index in [1.165, 1.54) is 16.8 Å². The van der Waals surface area contributed by atoms with Crippen LogP contribution in [0.3, 0.4) is 0 Å². The van der Waals surface area contributed by atoms with Gasteiger partial charge in [-0.15, -0.1) is 0 Å². The fraction of sp³-hybridized carbons (Fsp3) is 0. The topological polar surface area (TPSA) is 80.4 Å². The fourth-order valence-electron chi connectivity index (χ4n) is 1.71. The van der Waals surface area contributed by atoms with Gasteiger partial charge >= 0.3 is 5.97 Å². The fourth-order valence-corrected chi connectivity index (χ4v) is 1.71. The highest BCUT2D eigenvalue weighted by Gasteiger charge is 2.13. The number of carboxylic acid groups (broad SMARTS) is 1. The Morgan fingerprint density at radius 1 is 1.17 bits per heavy atom. The maximum absolute atomic E-state index is 11.2. The molecule has 0 unspecified atom stereocenters. The maximum atomic E-state index is 11.2.